The van der Waals surface area contributed by atoms with E-state index in [1.807, 2.05) is 0 Å². The summed E-state index contributed by atoms with van der Waals surface area (Å²) in [6.07, 6.45) is 0. The Morgan fingerprint density at radius 1 is 1.31 bits per heavy atom. The van der Waals surface area contributed by atoms with Gasteiger partial charge < -0.3 is 4.90 Å². The number of nitrogens with zero attached hydrogens (tertiary/aromatic N) is 1. The molecule has 1 heterocycles. The average molecular weight is 259 g/mol. The molecule has 6 heteroatoms. The normalized spacial score (nSPS) is 15.5. The molecular formula is C10H8Cl2N2O2. The number of amides is 3. The van der Waals surface area contributed by atoms with E-state index >= 15 is 0 Å². The largest absolute Gasteiger partial charge is 0.324 e. The lowest BCUT2D eigenvalue weighted by molar-refractivity contribution is -0.118. The number of carbonyl (C=O) groups excluding carboxylic acids is 2. The minimum absolute atomic E-state index is 0.0572. The van der Waals surface area contributed by atoms with E-state index in [0.717, 1.165) is 5.56 Å². The first-order valence-corrected chi connectivity index (χ1v) is 5.34. The van der Waals surface area contributed by atoms with Crippen LogP contribution >= 0.6 is 23.2 Å². The highest BCUT2D eigenvalue weighted by molar-refractivity contribution is 6.33. The molecule has 0 unspecified atom stereocenters. The first kappa shape index (κ1) is 11.2. The van der Waals surface area contributed by atoms with Crippen LogP contribution in [0, 0.1) is 0 Å². The third-order valence-corrected chi connectivity index (χ3v) is 2.84. The van der Waals surface area contributed by atoms with Crippen LogP contribution < -0.4 is 5.32 Å². The van der Waals surface area contributed by atoms with Gasteiger partial charge in [0.1, 0.15) is 6.54 Å². The Morgan fingerprint density at radius 2 is 2.06 bits per heavy atom. The molecule has 4 nitrogen and oxygen atoms in total. The standard InChI is InChI=1S/C10H8Cl2N2O2/c11-7-1-2-8(12)6(3-7)4-14-5-9(15)13-10(14)16/h1-3H,4-5H2,(H,13,15,16). The van der Waals surface area contributed by atoms with Crippen LogP contribution in [0.5, 0.6) is 0 Å². The van der Waals surface area contributed by atoms with Gasteiger partial charge >= 0.3 is 6.03 Å². The molecule has 84 valence electrons. The number of imide groups is 1. The van der Waals surface area contributed by atoms with Crippen molar-refractivity contribution in [3.05, 3.63) is 33.8 Å². The number of carbonyl (C=O) groups is 2. The van der Waals surface area contributed by atoms with Crippen LogP contribution in [0.3, 0.4) is 0 Å². The van der Waals surface area contributed by atoms with E-state index in [0.29, 0.717) is 10.0 Å². The van der Waals surface area contributed by atoms with Gasteiger partial charge in [0.05, 0.1) is 0 Å². The van der Waals surface area contributed by atoms with Gasteiger partial charge in [-0.05, 0) is 23.8 Å². The molecule has 1 aromatic carbocycles. The number of urea groups is 1. The highest BCUT2D eigenvalue weighted by Crippen LogP contribution is 2.22. The van der Waals surface area contributed by atoms with E-state index in [9.17, 15) is 9.59 Å². The summed E-state index contributed by atoms with van der Waals surface area (Å²) in [5, 5.41) is 3.26. The summed E-state index contributed by atoms with van der Waals surface area (Å²) in [5.74, 6) is -0.303. The Bertz CT molecular complexity index is 462. The highest BCUT2D eigenvalue weighted by Gasteiger charge is 2.26. The molecule has 1 aromatic rings. The fourth-order valence-electron chi connectivity index (χ4n) is 1.48. The first-order chi connectivity index (χ1) is 7.56. The molecule has 0 bridgehead atoms. The first-order valence-electron chi connectivity index (χ1n) is 4.59. The summed E-state index contributed by atoms with van der Waals surface area (Å²) >= 11 is 11.8. The third kappa shape index (κ3) is 2.28. The fraction of sp³-hybridized carbons (Fsp3) is 0.200. The van der Waals surface area contributed by atoms with Gasteiger partial charge in [-0.1, -0.05) is 23.2 Å². The summed E-state index contributed by atoms with van der Waals surface area (Å²) in [7, 11) is 0. The van der Waals surface area contributed by atoms with Gasteiger partial charge in [-0.2, -0.15) is 0 Å². The quantitative estimate of drug-likeness (QED) is 0.826. The number of hydrogen-bond donors (Lipinski definition) is 1. The fourth-order valence-corrected chi connectivity index (χ4v) is 1.85. The van der Waals surface area contributed by atoms with Crippen molar-refractivity contribution < 1.29 is 9.59 Å². The van der Waals surface area contributed by atoms with E-state index in [2.05, 4.69) is 5.32 Å². The zero-order valence-electron chi connectivity index (χ0n) is 8.17. The number of nitrogens with one attached hydrogen (secondary N) is 1. The van der Waals surface area contributed by atoms with E-state index in [4.69, 9.17) is 23.2 Å². The topological polar surface area (TPSA) is 49.4 Å². The average Bonchev–Trinajstić information content (AvgIpc) is 2.51. The van der Waals surface area contributed by atoms with Gasteiger partial charge in [0.15, 0.2) is 0 Å². The molecule has 1 fully saturated rings. The van der Waals surface area contributed by atoms with Crippen molar-refractivity contribution in [1.29, 1.82) is 0 Å². The predicted molar refractivity (Wildman–Crippen MR) is 60.4 cm³/mol. The Morgan fingerprint density at radius 3 is 2.69 bits per heavy atom. The molecular weight excluding hydrogens is 251 g/mol. The van der Waals surface area contributed by atoms with E-state index in [-0.39, 0.29) is 19.0 Å². The maximum atomic E-state index is 11.3. The van der Waals surface area contributed by atoms with Crippen LogP contribution in [0.15, 0.2) is 18.2 Å². The molecule has 1 N–H and O–H groups in total. The highest BCUT2D eigenvalue weighted by atomic mass is 35.5. The molecule has 16 heavy (non-hydrogen) atoms. The second kappa shape index (κ2) is 4.31. The van der Waals surface area contributed by atoms with Crippen LogP contribution in [0.2, 0.25) is 10.0 Å². The van der Waals surface area contributed by atoms with Gasteiger partial charge in [-0.15, -0.1) is 0 Å². The van der Waals surface area contributed by atoms with Crippen molar-refractivity contribution in [1.82, 2.24) is 10.2 Å². The summed E-state index contributed by atoms with van der Waals surface area (Å²) < 4.78 is 0. The van der Waals surface area contributed by atoms with Crippen LogP contribution in [-0.2, 0) is 11.3 Å². The summed E-state index contributed by atoms with van der Waals surface area (Å²) in [4.78, 5) is 23.7. The zero-order chi connectivity index (χ0) is 11.7. The van der Waals surface area contributed by atoms with Gasteiger partial charge in [0, 0.05) is 16.6 Å². The van der Waals surface area contributed by atoms with Crippen LogP contribution in [0.1, 0.15) is 5.56 Å². The molecule has 0 atom stereocenters. The van der Waals surface area contributed by atoms with Crippen molar-refractivity contribution in [2.45, 2.75) is 6.54 Å². The summed E-state index contributed by atoms with van der Waals surface area (Å²) in [6.45, 7) is 0.332. The molecule has 1 aliphatic rings. The minimum atomic E-state index is -0.402. The molecule has 0 saturated carbocycles. The molecule has 1 saturated heterocycles. The summed E-state index contributed by atoms with van der Waals surface area (Å²) in [6, 6.07) is 4.61. The zero-order valence-corrected chi connectivity index (χ0v) is 9.68. The lowest BCUT2D eigenvalue weighted by Crippen LogP contribution is -2.27. The maximum Gasteiger partial charge on any atom is 0.324 e. The molecule has 3 amide bonds. The smallest absolute Gasteiger partial charge is 0.311 e. The Kier molecular flexibility index (Phi) is 3.03. The number of rotatable bonds is 2. The van der Waals surface area contributed by atoms with Gasteiger partial charge in [0.2, 0.25) is 5.91 Å². The van der Waals surface area contributed by atoms with E-state index in [1.54, 1.807) is 18.2 Å². The lowest BCUT2D eigenvalue weighted by Gasteiger charge is -2.14. The Hall–Kier alpha value is -1.26. The van der Waals surface area contributed by atoms with Gasteiger partial charge in [-0.3, -0.25) is 10.1 Å². The van der Waals surface area contributed by atoms with Crippen molar-refractivity contribution >= 4 is 35.1 Å². The number of hydrogen-bond acceptors (Lipinski definition) is 2. The second-order valence-electron chi connectivity index (χ2n) is 3.45. The molecule has 2 rings (SSSR count). The van der Waals surface area contributed by atoms with E-state index < -0.39 is 6.03 Å². The van der Waals surface area contributed by atoms with Gasteiger partial charge in [-0.25, -0.2) is 4.79 Å². The SMILES string of the molecule is O=C1CN(Cc2cc(Cl)ccc2Cl)C(=O)N1. The Labute approximate surface area is 102 Å². The van der Waals surface area contributed by atoms with Crippen LogP contribution in [-0.4, -0.2) is 23.4 Å². The second-order valence-corrected chi connectivity index (χ2v) is 4.29. The molecule has 0 aromatic heterocycles. The molecule has 1 aliphatic heterocycles. The van der Waals surface area contributed by atoms with Crippen LogP contribution in [0.25, 0.3) is 0 Å². The number of benzene rings is 1. The third-order valence-electron chi connectivity index (χ3n) is 2.24. The minimum Gasteiger partial charge on any atom is -0.311 e. The van der Waals surface area contributed by atoms with Crippen LogP contribution in [0.4, 0.5) is 4.79 Å². The molecule has 0 aliphatic carbocycles. The summed E-state index contributed by atoms with van der Waals surface area (Å²) in [5.41, 5.74) is 0.721. The van der Waals surface area contributed by atoms with Crippen molar-refractivity contribution in [2.24, 2.45) is 0 Å². The monoisotopic (exact) mass is 258 g/mol. The van der Waals surface area contributed by atoms with Crippen molar-refractivity contribution in [3.63, 3.8) is 0 Å². The lowest BCUT2D eigenvalue weighted by atomic mass is 10.2. The van der Waals surface area contributed by atoms with Crippen molar-refractivity contribution in [3.8, 4) is 0 Å². The van der Waals surface area contributed by atoms with E-state index in [1.165, 1.54) is 4.90 Å². The maximum absolute atomic E-state index is 11.3. The van der Waals surface area contributed by atoms with Gasteiger partial charge in [0.25, 0.3) is 0 Å². The molecule has 0 spiro atoms. The van der Waals surface area contributed by atoms with Crippen molar-refractivity contribution in [2.75, 3.05) is 6.54 Å². The molecule has 0 radical (unpaired) electrons. The number of halogens is 2. The predicted octanol–water partition coefficient (Wildman–Crippen LogP) is 2.05. The Balaban J connectivity index is 2.18.